The molecule has 104 valence electrons. The first-order valence-corrected chi connectivity index (χ1v) is 9.18. The second-order valence-electron chi connectivity index (χ2n) is 5.18. The molecule has 1 aromatic rings. The summed E-state index contributed by atoms with van der Waals surface area (Å²) < 4.78 is 0. The molecule has 3 rings (SSSR count). The monoisotopic (exact) mass is 296 g/mol. The van der Waals surface area contributed by atoms with Gasteiger partial charge in [0.05, 0.1) is 0 Å². The summed E-state index contributed by atoms with van der Waals surface area (Å²) in [6.45, 7) is 1.08. The third kappa shape index (κ3) is 3.38. The maximum absolute atomic E-state index is 11.4. The van der Waals surface area contributed by atoms with Crippen molar-refractivity contribution in [2.45, 2.75) is 30.6 Å². The van der Waals surface area contributed by atoms with Crippen LogP contribution in [0.1, 0.15) is 30.1 Å². The van der Waals surface area contributed by atoms with E-state index in [4.69, 9.17) is 0 Å². The van der Waals surface area contributed by atoms with Gasteiger partial charge in [0, 0.05) is 46.9 Å². The number of nitrogens with one attached hydrogen (secondary N) is 2. The molecule has 2 aliphatic rings. The summed E-state index contributed by atoms with van der Waals surface area (Å²) in [5.74, 6) is 3.85. The Morgan fingerprint density at radius 2 is 2.32 bits per heavy atom. The summed E-state index contributed by atoms with van der Waals surface area (Å²) >= 11 is 4.16. The van der Waals surface area contributed by atoms with Gasteiger partial charge in [-0.05, 0) is 24.8 Å². The van der Waals surface area contributed by atoms with Gasteiger partial charge in [0.15, 0.2) is 0 Å². The molecule has 19 heavy (non-hydrogen) atoms. The summed E-state index contributed by atoms with van der Waals surface area (Å²) in [6.07, 6.45) is 3.36. The number of hydrogen-bond acceptors (Lipinski definition) is 4. The predicted octanol–water partition coefficient (Wildman–Crippen LogP) is 2.19. The first-order valence-electron chi connectivity index (χ1n) is 6.98. The Kier molecular flexibility index (Phi) is 4.56. The van der Waals surface area contributed by atoms with Crippen molar-refractivity contribution in [1.29, 1.82) is 0 Å². The Morgan fingerprint density at radius 3 is 3.16 bits per heavy atom. The summed E-state index contributed by atoms with van der Waals surface area (Å²) in [5, 5.41) is 4.45. The molecule has 0 spiro atoms. The van der Waals surface area contributed by atoms with Gasteiger partial charge in [0.1, 0.15) is 0 Å². The van der Waals surface area contributed by atoms with Crippen LogP contribution in [0.4, 0.5) is 0 Å². The van der Waals surface area contributed by atoms with Gasteiger partial charge < -0.3 is 10.3 Å². The number of thioether (sulfide) groups is 2. The Balaban J connectivity index is 1.64. The van der Waals surface area contributed by atoms with Crippen LogP contribution in [0.15, 0.2) is 16.9 Å². The SMILES string of the molecule is O=c1ccc2c([nH]1)CCCC2NCC1CSCCS1. The van der Waals surface area contributed by atoms with Crippen LogP contribution in [0.5, 0.6) is 0 Å². The van der Waals surface area contributed by atoms with E-state index in [1.165, 1.54) is 29.2 Å². The molecule has 1 aliphatic carbocycles. The van der Waals surface area contributed by atoms with E-state index in [1.54, 1.807) is 6.07 Å². The van der Waals surface area contributed by atoms with Crippen molar-refractivity contribution in [1.82, 2.24) is 10.3 Å². The molecule has 1 saturated heterocycles. The topological polar surface area (TPSA) is 44.9 Å². The molecular formula is C14H20N2OS2. The van der Waals surface area contributed by atoms with Crippen molar-refractivity contribution in [3.05, 3.63) is 33.7 Å². The number of hydrogen-bond donors (Lipinski definition) is 2. The Hall–Kier alpha value is -0.390. The maximum Gasteiger partial charge on any atom is 0.248 e. The molecular weight excluding hydrogens is 276 g/mol. The average Bonchev–Trinajstić information content (AvgIpc) is 2.45. The summed E-state index contributed by atoms with van der Waals surface area (Å²) in [5.41, 5.74) is 2.47. The number of pyridine rings is 1. The minimum atomic E-state index is 0.0265. The van der Waals surface area contributed by atoms with E-state index >= 15 is 0 Å². The van der Waals surface area contributed by atoms with E-state index < -0.39 is 0 Å². The van der Waals surface area contributed by atoms with Crippen LogP contribution in [-0.2, 0) is 6.42 Å². The smallest absolute Gasteiger partial charge is 0.248 e. The molecule has 3 nitrogen and oxygen atoms in total. The van der Waals surface area contributed by atoms with Crippen LogP contribution in [0, 0.1) is 0 Å². The molecule has 1 aliphatic heterocycles. The molecule has 0 aromatic carbocycles. The van der Waals surface area contributed by atoms with Crippen LogP contribution in [0.3, 0.4) is 0 Å². The molecule has 0 amide bonds. The predicted molar refractivity (Wildman–Crippen MR) is 84.3 cm³/mol. The zero-order valence-corrected chi connectivity index (χ0v) is 12.6. The molecule has 0 bridgehead atoms. The number of aromatic amines is 1. The highest BCUT2D eigenvalue weighted by Gasteiger charge is 2.22. The molecule has 2 N–H and O–H groups in total. The van der Waals surface area contributed by atoms with Crippen molar-refractivity contribution >= 4 is 23.5 Å². The third-order valence-corrected chi connectivity index (χ3v) is 6.65. The van der Waals surface area contributed by atoms with Crippen LogP contribution < -0.4 is 10.9 Å². The summed E-state index contributed by atoms with van der Waals surface area (Å²) in [7, 11) is 0. The molecule has 1 fully saturated rings. The highest BCUT2D eigenvalue weighted by molar-refractivity contribution is 8.06. The molecule has 1 aromatic heterocycles. The minimum Gasteiger partial charge on any atom is -0.326 e. The lowest BCUT2D eigenvalue weighted by Crippen LogP contribution is -2.34. The quantitative estimate of drug-likeness (QED) is 0.897. The number of rotatable bonds is 3. The first-order chi connectivity index (χ1) is 9.33. The number of fused-ring (bicyclic) bond motifs is 1. The van der Waals surface area contributed by atoms with Gasteiger partial charge >= 0.3 is 0 Å². The van der Waals surface area contributed by atoms with E-state index in [0.717, 1.165) is 30.3 Å². The second kappa shape index (κ2) is 6.37. The zero-order valence-electron chi connectivity index (χ0n) is 11.0. The van der Waals surface area contributed by atoms with Crippen molar-refractivity contribution in [3.8, 4) is 0 Å². The van der Waals surface area contributed by atoms with Gasteiger partial charge in [-0.3, -0.25) is 4.79 Å². The van der Waals surface area contributed by atoms with Gasteiger partial charge in [-0.15, -0.1) is 0 Å². The van der Waals surface area contributed by atoms with Crippen molar-refractivity contribution in [3.63, 3.8) is 0 Å². The standard InChI is InChI=1S/C14H20N2OS2/c17-14-5-4-11-12(2-1-3-13(11)16-14)15-8-10-9-18-6-7-19-10/h4-5,10,12,15H,1-3,6-9H2,(H,16,17). The highest BCUT2D eigenvalue weighted by Crippen LogP contribution is 2.29. The summed E-state index contributed by atoms with van der Waals surface area (Å²) in [6, 6.07) is 4.09. The van der Waals surface area contributed by atoms with Crippen LogP contribution in [-0.4, -0.2) is 34.0 Å². The fourth-order valence-corrected chi connectivity index (χ4v) is 5.47. The first kappa shape index (κ1) is 13.6. The van der Waals surface area contributed by atoms with Gasteiger partial charge in [-0.25, -0.2) is 0 Å². The molecule has 2 unspecified atom stereocenters. The largest absolute Gasteiger partial charge is 0.326 e. The van der Waals surface area contributed by atoms with Crippen LogP contribution in [0.2, 0.25) is 0 Å². The van der Waals surface area contributed by atoms with Gasteiger partial charge in [0.2, 0.25) is 5.56 Å². The second-order valence-corrected chi connectivity index (χ2v) is 7.74. The van der Waals surface area contributed by atoms with Crippen molar-refractivity contribution in [2.24, 2.45) is 0 Å². The normalized spacial score (nSPS) is 26.9. The zero-order chi connectivity index (χ0) is 13.1. The Labute approximate surface area is 122 Å². The van der Waals surface area contributed by atoms with E-state index in [-0.39, 0.29) is 5.56 Å². The Morgan fingerprint density at radius 1 is 1.37 bits per heavy atom. The third-order valence-electron chi connectivity index (χ3n) is 3.81. The fraction of sp³-hybridized carbons (Fsp3) is 0.643. The minimum absolute atomic E-state index is 0.0265. The van der Waals surface area contributed by atoms with E-state index in [1.807, 2.05) is 6.07 Å². The van der Waals surface area contributed by atoms with E-state index in [0.29, 0.717) is 6.04 Å². The number of aryl methyl sites for hydroxylation is 1. The Bertz CT molecular complexity index is 483. The molecule has 0 radical (unpaired) electrons. The molecule has 2 atom stereocenters. The van der Waals surface area contributed by atoms with Crippen molar-refractivity contribution in [2.75, 3.05) is 23.8 Å². The maximum atomic E-state index is 11.4. The van der Waals surface area contributed by atoms with E-state index in [9.17, 15) is 4.79 Å². The van der Waals surface area contributed by atoms with Gasteiger partial charge in [-0.1, -0.05) is 6.07 Å². The lowest BCUT2D eigenvalue weighted by Gasteiger charge is -2.29. The van der Waals surface area contributed by atoms with Gasteiger partial charge in [0.25, 0.3) is 0 Å². The lowest BCUT2D eigenvalue weighted by molar-refractivity contribution is 0.457. The van der Waals surface area contributed by atoms with Crippen molar-refractivity contribution < 1.29 is 0 Å². The van der Waals surface area contributed by atoms with Crippen LogP contribution >= 0.6 is 23.5 Å². The number of H-pyrrole nitrogens is 1. The fourth-order valence-electron chi connectivity index (χ4n) is 2.84. The highest BCUT2D eigenvalue weighted by atomic mass is 32.2. The summed E-state index contributed by atoms with van der Waals surface area (Å²) in [4.78, 5) is 14.4. The molecule has 5 heteroatoms. The van der Waals surface area contributed by atoms with Crippen LogP contribution in [0.25, 0.3) is 0 Å². The molecule has 2 heterocycles. The van der Waals surface area contributed by atoms with Gasteiger partial charge in [-0.2, -0.15) is 23.5 Å². The lowest BCUT2D eigenvalue weighted by atomic mass is 9.91. The average molecular weight is 296 g/mol. The number of aromatic nitrogens is 1. The van der Waals surface area contributed by atoms with E-state index in [2.05, 4.69) is 33.8 Å². The molecule has 0 saturated carbocycles.